The van der Waals surface area contributed by atoms with Crippen LogP contribution in [0.5, 0.6) is 0 Å². The van der Waals surface area contributed by atoms with Gasteiger partial charge in [-0.2, -0.15) is 0 Å². The number of hydrogen-bond donors (Lipinski definition) is 2. The molecule has 0 saturated heterocycles. The lowest BCUT2D eigenvalue weighted by molar-refractivity contribution is -0.151. The van der Waals surface area contributed by atoms with Gasteiger partial charge in [0.05, 0.1) is 13.2 Å². The second-order valence-corrected chi connectivity index (χ2v) is 4.65. The van der Waals surface area contributed by atoms with E-state index in [2.05, 4.69) is 0 Å². The van der Waals surface area contributed by atoms with E-state index in [1.165, 1.54) is 0 Å². The number of carbonyl (C=O) groups is 1. The standard InChI is InChI=1S/C17H18O4/c18-11-12-21-16(17(19)20)15(13-7-3-1-4-8-13)14-9-5-2-6-10-14/h1-10,15-16,18H,11-12H2,(H,19,20). The van der Waals surface area contributed by atoms with Crippen LogP contribution in [0.15, 0.2) is 60.7 Å². The highest BCUT2D eigenvalue weighted by Crippen LogP contribution is 2.30. The van der Waals surface area contributed by atoms with Crippen molar-refractivity contribution in [3.63, 3.8) is 0 Å². The zero-order chi connectivity index (χ0) is 15.1. The zero-order valence-electron chi connectivity index (χ0n) is 11.6. The fourth-order valence-corrected chi connectivity index (χ4v) is 2.35. The topological polar surface area (TPSA) is 66.8 Å². The first-order valence-corrected chi connectivity index (χ1v) is 6.79. The fraction of sp³-hybridized carbons (Fsp3) is 0.235. The van der Waals surface area contributed by atoms with Gasteiger partial charge in [0.2, 0.25) is 0 Å². The number of carboxylic acid groups (broad SMARTS) is 1. The lowest BCUT2D eigenvalue weighted by atomic mass is 9.86. The SMILES string of the molecule is O=C(O)C(OCCO)C(c1ccccc1)c1ccccc1. The normalized spacial score (nSPS) is 12.3. The highest BCUT2D eigenvalue weighted by Gasteiger charge is 2.31. The number of aliphatic carboxylic acids is 1. The molecular formula is C17H18O4. The third-order valence-electron chi connectivity index (χ3n) is 3.25. The molecule has 0 aliphatic heterocycles. The van der Waals surface area contributed by atoms with Crippen LogP contribution in [0.2, 0.25) is 0 Å². The summed E-state index contributed by atoms with van der Waals surface area (Å²) in [5.74, 6) is -1.46. The minimum absolute atomic E-state index is 0.00681. The maximum atomic E-state index is 11.6. The van der Waals surface area contributed by atoms with Gasteiger partial charge in [0.15, 0.2) is 6.10 Å². The number of aliphatic hydroxyl groups excluding tert-OH is 1. The van der Waals surface area contributed by atoms with Gasteiger partial charge in [-0.3, -0.25) is 0 Å². The number of ether oxygens (including phenoxy) is 1. The van der Waals surface area contributed by atoms with Gasteiger partial charge in [-0.25, -0.2) is 4.79 Å². The summed E-state index contributed by atoms with van der Waals surface area (Å²) in [5, 5.41) is 18.4. The molecule has 1 atom stereocenters. The van der Waals surface area contributed by atoms with Crippen molar-refractivity contribution in [2.45, 2.75) is 12.0 Å². The molecule has 4 heteroatoms. The van der Waals surface area contributed by atoms with Gasteiger partial charge in [0.25, 0.3) is 0 Å². The van der Waals surface area contributed by atoms with E-state index in [1.807, 2.05) is 60.7 Å². The molecule has 2 N–H and O–H groups in total. The minimum Gasteiger partial charge on any atom is -0.479 e. The first-order valence-electron chi connectivity index (χ1n) is 6.79. The van der Waals surface area contributed by atoms with Gasteiger partial charge < -0.3 is 14.9 Å². The molecule has 0 aromatic heterocycles. The average molecular weight is 286 g/mol. The van der Waals surface area contributed by atoms with E-state index in [-0.39, 0.29) is 13.2 Å². The molecule has 4 nitrogen and oxygen atoms in total. The Hall–Kier alpha value is -2.17. The van der Waals surface area contributed by atoms with E-state index in [0.717, 1.165) is 11.1 Å². The van der Waals surface area contributed by atoms with Crippen molar-refractivity contribution < 1.29 is 19.7 Å². The Morgan fingerprint density at radius 1 is 0.952 bits per heavy atom. The summed E-state index contributed by atoms with van der Waals surface area (Å²) in [6, 6.07) is 18.8. The molecule has 0 heterocycles. The summed E-state index contributed by atoms with van der Waals surface area (Å²) < 4.78 is 5.37. The summed E-state index contributed by atoms with van der Waals surface area (Å²) in [6.07, 6.45) is -1.04. The van der Waals surface area contributed by atoms with E-state index < -0.39 is 18.0 Å². The summed E-state index contributed by atoms with van der Waals surface area (Å²) in [5.41, 5.74) is 1.74. The Balaban J connectivity index is 2.42. The lowest BCUT2D eigenvalue weighted by Gasteiger charge is -2.25. The maximum Gasteiger partial charge on any atom is 0.333 e. The van der Waals surface area contributed by atoms with Gasteiger partial charge >= 0.3 is 5.97 Å². The van der Waals surface area contributed by atoms with Crippen LogP contribution >= 0.6 is 0 Å². The number of rotatable bonds is 7. The van der Waals surface area contributed by atoms with Crippen LogP contribution in [0, 0.1) is 0 Å². The molecule has 2 rings (SSSR count). The summed E-state index contributed by atoms with van der Waals surface area (Å²) >= 11 is 0. The Labute approximate surface area is 123 Å². The molecular weight excluding hydrogens is 268 g/mol. The molecule has 0 saturated carbocycles. The third-order valence-corrected chi connectivity index (χ3v) is 3.25. The maximum absolute atomic E-state index is 11.6. The summed E-state index contributed by atoms with van der Waals surface area (Å²) in [7, 11) is 0. The third kappa shape index (κ3) is 3.90. The first-order chi connectivity index (χ1) is 10.2. The average Bonchev–Trinajstić information content (AvgIpc) is 2.53. The van der Waals surface area contributed by atoms with Crippen LogP contribution in [0.1, 0.15) is 17.0 Å². The Morgan fingerprint density at radius 3 is 1.81 bits per heavy atom. The van der Waals surface area contributed by atoms with Crippen LogP contribution in [-0.2, 0) is 9.53 Å². The molecule has 0 aliphatic carbocycles. The first kappa shape index (κ1) is 15.2. The zero-order valence-corrected chi connectivity index (χ0v) is 11.6. The quantitative estimate of drug-likeness (QED) is 0.819. The highest BCUT2D eigenvalue weighted by molar-refractivity contribution is 5.75. The fourth-order valence-electron chi connectivity index (χ4n) is 2.35. The van der Waals surface area contributed by atoms with E-state index >= 15 is 0 Å². The van der Waals surface area contributed by atoms with Crippen molar-refractivity contribution in [3.8, 4) is 0 Å². The molecule has 110 valence electrons. The molecule has 0 fully saturated rings. The van der Waals surface area contributed by atoms with Crippen molar-refractivity contribution in [2.75, 3.05) is 13.2 Å². The molecule has 0 amide bonds. The van der Waals surface area contributed by atoms with Crippen LogP contribution in [-0.4, -0.2) is 35.5 Å². The largest absolute Gasteiger partial charge is 0.479 e. The number of benzene rings is 2. The molecule has 0 radical (unpaired) electrons. The van der Waals surface area contributed by atoms with Crippen molar-refractivity contribution in [3.05, 3.63) is 71.8 Å². The van der Waals surface area contributed by atoms with E-state index in [4.69, 9.17) is 9.84 Å². The molecule has 0 bridgehead atoms. The molecule has 21 heavy (non-hydrogen) atoms. The van der Waals surface area contributed by atoms with Gasteiger partial charge in [-0.1, -0.05) is 60.7 Å². The van der Waals surface area contributed by atoms with Crippen molar-refractivity contribution in [1.82, 2.24) is 0 Å². The van der Waals surface area contributed by atoms with Gasteiger partial charge in [0.1, 0.15) is 0 Å². The van der Waals surface area contributed by atoms with E-state index in [1.54, 1.807) is 0 Å². The second kappa shape index (κ2) is 7.57. The Morgan fingerprint density at radius 2 is 1.43 bits per heavy atom. The Bertz CT molecular complexity index is 514. The van der Waals surface area contributed by atoms with Gasteiger partial charge in [-0.15, -0.1) is 0 Å². The summed E-state index contributed by atoms with van der Waals surface area (Å²) in [4.78, 5) is 11.6. The van der Waals surface area contributed by atoms with Crippen molar-refractivity contribution >= 4 is 5.97 Å². The second-order valence-electron chi connectivity index (χ2n) is 4.65. The molecule has 2 aromatic rings. The minimum atomic E-state index is -1.04. The smallest absolute Gasteiger partial charge is 0.333 e. The summed E-state index contributed by atoms with van der Waals surface area (Å²) in [6.45, 7) is -0.215. The number of hydrogen-bond acceptors (Lipinski definition) is 3. The molecule has 0 aliphatic rings. The molecule has 2 aromatic carbocycles. The van der Waals surface area contributed by atoms with Gasteiger partial charge in [-0.05, 0) is 11.1 Å². The predicted molar refractivity (Wildman–Crippen MR) is 79.2 cm³/mol. The molecule has 1 unspecified atom stereocenters. The molecule has 0 spiro atoms. The van der Waals surface area contributed by atoms with Crippen LogP contribution in [0.25, 0.3) is 0 Å². The lowest BCUT2D eigenvalue weighted by Crippen LogP contribution is -2.32. The van der Waals surface area contributed by atoms with Crippen molar-refractivity contribution in [1.29, 1.82) is 0 Å². The van der Waals surface area contributed by atoms with Crippen LogP contribution in [0.4, 0.5) is 0 Å². The van der Waals surface area contributed by atoms with Crippen LogP contribution < -0.4 is 0 Å². The van der Waals surface area contributed by atoms with E-state index in [9.17, 15) is 9.90 Å². The Kier molecular flexibility index (Phi) is 5.49. The van der Waals surface area contributed by atoms with E-state index in [0.29, 0.717) is 0 Å². The monoisotopic (exact) mass is 286 g/mol. The highest BCUT2D eigenvalue weighted by atomic mass is 16.5. The predicted octanol–water partition coefficient (Wildman–Crippen LogP) is 2.28. The van der Waals surface area contributed by atoms with Gasteiger partial charge in [0, 0.05) is 5.92 Å². The van der Waals surface area contributed by atoms with Crippen molar-refractivity contribution in [2.24, 2.45) is 0 Å². The number of carboxylic acids is 1. The van der Waals surface area contributed by atoms with Crippen LogP contribution in [0.3, 0.4) is 0 Å². The number of aliphatic hydroxyl groups is 1.